The fraction of sp³-hybridized carbons (Fsp3) is 0.500. The van der Waals surface area contributed by atoms with Gasteiger partial charge in [-0.05, 0) is 18.6 Å². The van der Waals surface area contributed by atoms with Crippen molar-refractivity contribution in [1.29, 1.82) is 0 Å². The zero-order valence-corrected chi connectivity index (χ0v) is 9.87. The normalized spacial score (nSPS) is 13.4. The largest absolute Gasteiger partial charge is 0.573 e. The molecule has 0 bridgehead atoms. The third kappa shape index (κ3) is 4.93. The van der Waals surface area contributed by atoms with Crippen LogP contribution in [0.4, 0.5) is 13.2 Å². The van der Waals surface area contributed by atoms with Gasteiger partial charge in [-0.2, -0.15) is 0 Å². The Morgan fingerprint density at radius 1 is 1.28 bits per heavy atom. The minimum Gasteiger partial charge on any atom is -0.406 e. The van der Waals surface area contributed by atoms with Gasteiger partial charge in [0, 0.05) is 13.0 Å². The van der Waals surface area contributed by atoms with Crippen molar-refractivity contribution in [2.24, 2.45) is 0 Å². The lowest BCUT2D eigenvalue weighted by Gasteiger charge is -2.17. The molecule has 0 aliphatic rings. The summed E-state index contributed by atoms with van der Waals surface area (Å²) in [5.74, 6) is -0.289. The van der Waals surface area contributed by atoms with Crippen LogP contribution in [0, 0.1) is 0 Å². The number of rotatable bonds is 6. The molecule has 0 N–H and O–H groups in total. The summed E-state index contributed by atoms with van der Waals surface area (Å²) in [6.07, 6.45) is -5.29. The first-order chi connectivity index (χ1) is 8.46. The molecule has 1 unspecified atom stereocenters. The van der Waals surface area contributed by atoms with E-state index in [0.29, 0.717) is 12.2 Å². The van der Waals surface area contributed by atoms with Crippen molar-refractivity contribution in [2.75, 3.05) is 13.2 Å². The Morgan fingerprint density at radius 2 is 1.94 bits per heavy atom. The highest BCUT2D eigenvalue weighted by Crippen LogP contribution is 2.27. The van der Waals surface area contributed by atoms with Crippen LogP contribution in [0.25, 0.3) is 0 Å². The first-order valence-electron chi connectivity index (χ1n) is 5.49. The zero-order chi connectivity index (χ0) is 13.6. The molecule has 1 rings (SSSR count). The summed E-state index contributed by atoms with van der Waals surface area (Å²) in [7, 11) is 0. The smallest absolute Gasteiger partial charge is 0.406 e. The van der Waals surface area contributed by atoms with Gasteiger partial charge >= 0.3 is 6.36 Å². The van der Waals surface area contributed by atoms with Gasteiger partial charge in [-0.1, -0.05) is 18.2 Å². The molecular formula is C12H14F3O3. The number of benzene rings is 1. The maximum atomic E-state index is 12.2. The Balaban J connectivity index is 2.81. The van der Waals surface area contributed by atoms with Crippen LogP contribution in [0.1, 0.15) is 12.5 Å². The molecule has 1 radical (unpaired) electrons. The SMILES string of the molecule is CCOC(C[O])Cc1ccccc1OC(F)(F)F. The van der Waals surface area contributed by atoms with Crippen molar-refractivity contribution in [3.63, 3.8) is 0 Å². The van der Waals surface area contributed by atoms with Gasteiger partial charge in [0.05, 0.1) is 6.10 Å². The number of halogens is 3. The number of para-hydroxylation sites is 1. The lowest BCUT2D eigenvalue weighted by atomic mass is 10.1. The standard InChI is InChI=1S/C12H14F3O3/c1-2-17-10(8-16)7-9-5-3-4-6-11(9)18-12(13,14)15/h3-6,10H,2,7-8H2,1H3. The summed E-state index contributed by atoms with van der Waals surface area (Å²) in [6.45, 7) is 1.56. The number of ether oxygens (including phenoxy) is 2. The third-order valence-corrected chi connectivity index (χ3v) is 2.23. The van der Waals surface area contributed by atoms with E-state index in [4.69, 9.17) is 4.74 Å². The Hall–Kier alpha value is -1.27. The van der Waals surface area contributed by atoms with Crippen molar-refractivity contribution >= 4 is 0 Å². The average molecular weight is 263 g/mol. The van der Waals surface area contributed by atoms with Gasteiger partial charge in [0.2, 0.25) is 0 Å². The molecule has 3 nitrogen and oxygen atoms in total. The monoisotopic (exact) mass is 263 g/mol. The summed E-state index contributed by atoms with van der Waals surface area (Å²) in [5, 5.41) is 10.8. The van der Waals surface area contributed by atoms with Crippen molar-refractivity contribution in [3.8, 4) is 5.75 Å². The quantitative estimate of drug-likeness (QED) is 0.791. The van der Waals surface area contributed by atoms with Crippen molar-refractivity contribution in [2.45, 2.75) is 25.8 Å². The van der Waals surface area contributed by atoms with E-state index < -0.39 is 19.1 Å². The molecule has 0 spiro atoms. The Kier molecular flexibility index (Phi) is 5.43. The van der Waals surface area contributed by atoms with Gasteiger partial charge in [0.25, 0.3) is 0 Å². The van der Waals surface area contributed by atoms with E-state index in [9.17, 15) is 18.3 Å². The minimum absolute atomic E-state index is 0.101. The van der Waals surface area contributed by atoms with E-state index >= 15 is 0 Å². The molecule has 101 valence electrons. The highest BCUT2D eigenvalue weighted by Gasteiger charge is 2.32. The zero-order valence-electron chi connectivity index (χ0n) is 9.87. The Morgan fingerprint density at radius 3 is 2.50 bits per heavy atom. The van der Waals surface area contributed by atoms with Crippen molar-refractivity contribution in [3.05, 3.63) is 29.8 Å². The van der Waals surface area contributed by atoms with Gasteiger partial charge < -0.3 is 9.47 Å². The predicted molar refractivity (Wildman–Crippen MR) is 57.8 cm³/mol. The van der Waals surface area contributed by atoms with Crippen LogP contribution < -0.4 is 4.74 Å². The molecule has 6 heteroatoms. The molecule has 1 aromatic rings. The lowest BCUT2D eigenvalue weighted by molar-refractivity contribution is -0.275. The van der Waals surface area contributed by atoms with Gasteiger partial charge in [-0.15, -0.1) is 13.2 Å². The predicted octanol–water partition coefficient (Wildman–Crippen LogP) is 2.96. The maximum Gasteiger partial charge on any atom is 0.573 e. The summed E-state index contributed by atoms with van der Waals surface area (Å²) in [4.78, 5) is 0. The third-order valence-electron chi connectivity index (χ3n) is 2.23. The highest BCUT2D eigenvalue weighted by atomic mass is 19.4. The van der Waals surface area contributed by atoms with E-state index in [-0.39, 0.29) is 12.2 Å². The second-order valence-electron chi connectivity index (χ2n) is 3.60. The Labute approximate surface area is 103 Å². The molecule has 1 aromatic carbocycles. The molecule has 0 amide bonds. The van der Waals surface area contributed by atoms with E-state index in [0.717, 1.165) is 0 Å². The van der Waals surface area contributed by atoms with Crippen LogP contribution in [0.5, 0.6) is 5.75 Å². The molecule has 0 aromatic heterocycles. The van der Waals surface area contributed by atoms with E-state index in [2.05, 4.69) is 4.74 Å². The summed E-state index contributed by atoms with van der Waals surface area (Å²) in [6, 6.07) is 5.74. The molecule has 0 heterocycles. The van der Waals surface area contributed by atoms with Crippen LogP contribution in [0.15, 0.2) is 24.3 Å². The molecule has 0 aliphatic carbocycles. The molecule has 0 saturated heterocycles. The van der Waals surface area contributed by atoms with Gasteiger partial charge in [-0.3, -0.25) is 0 Å². The number of hydrogen-bond acceptors (Lipinski definition) is 2. The fourth-order valence-corrected chi connectivity index (χ4v) is 1.54. The second-order valence-corrected chi connectivity index (χ2v) is 3.60. The Bertz CT molecular complexity index is 366. The number of hydrogen-bond donors (Lipinski definition) is 0. The summed E-state index contributed by atoms with van der Waals surface area (Å²) >= 11 is 0. The average Bonchev–Trinajstić information content (AvgIpc) is 2.29. The van der Waals surface area contributed by atoms with Crippen LogP contribution in [-0.2, 0) is 16.3 Å². The molecule has 0 aliphatic heterocycles. The molecule has 18 heavy (non-hydrogen) atoms. The highest BCUT2D eigenvalue weighted by molar-refractivity contribution is 5.34. The lowest BCUT2D eigenvalue weighted by Crippen LogP contribution is -2.22. The first-order valence-corrected chi connectivity index (χ1v) is 5.49. The first kappa shape index (κ1) is 14.8. The topological polar surface area (TPSA) is 38.4 Å². The maximum absolute atomic E-state index is 12.2. The van der Waals surface area contributed by atoms with Crippen molar-refractivity contribution < 1.29 is 27.8 Å². The minimum atomic E-state index is -4.74. The molecule has 0 saturated carbocycles. The van der Waals surface area contributed by atoms with Gasteiger partial charge in [0.1, 0.15) is 12.4 Å². The molecular weight excluding hydrogens is 249 g/mol. The molecule has 1 atom stereocenters. The molecule has 0 fully saturated rings. The summed E-state index contributed by atoms with van der Waals surface area (Å²) < 4.78 is 45.6. The second kappa shape index (κ2) is 6.61. The van der Waals surface area contributed by atoms with Crippen LogP contribution in [0.3, 0.4) is 0 Å². The number of alkyl halides is 3. The van der Waals surface area contributed by atoms with Crippen LogP contribution in [0.2, 0.25) is 0 Å². The van der Waals surface area contributed by atoms with E-state index in [1.54, 1.807) is 13.0 Å². The van der Waals surface area contributed by atoms with Crippen LogP contribution in [-0.4, -0.2) is 25.7 Å². The van der Waals surface area contributed by atoms with E-state index in [1.807, 2.05) is 0 Å². The van der Waals surface area contributed by atoms with E-state index in [1.165, 1.54) is 18.2 Å². The van der Waals surface area contributed by atoms with Gasteiger partial charge in [-0.25, -0.2) is 5.11 Å². The fourth-order valence-electron chi connectivity index (χ4n) is 1.54. The van der Waals surface area contributed by atoms with Gasteiger partial charge in [0.15, 0.2) is 0 Å². The van der Waals surface area contributed by atoms with Crippen LogP contribution >= 0.6 is 0 Å². The summed E-state index contributed by atoms with van der Waals surface area (Å²) in [5.41, 5.74) is 0.309. The van der Waals surface area contributed by atoms with Crippen molar-refractivity contribution in [1.82, 2.24) is 0 Å².